The maximum absolute atomic E-state index is 12.3. The van der Waals surface area contributed by atoms with Crippen molar-refractivity contribution in [3.8, 4) is 0 Å². The van der Waals surface area contributed by atoms with Crippen LogP contribution >= 0.6 is 23.2 Å². The Morgan fingerprint density at radius 3 is 2.60 bits per heavy atom. The van der Waals surface area contributed by atoms with E-state index in [9.17, 15) is 4.79 Å². The predicted octanol–water partition coefficient (Wildman–Crippen LogP) is 3.44. The number of nitrogens with one attached hydrogen (secondary N) is 3. The number of carbonyl (C=O) groups is 1. The van der Waals surface area contributed by atoms with Crippen molar-refractivity contribution < 1.29 is 4.79 Å². The predicted molar refractivity (Wildman–Crippen MR) is 101 cm³/mol. The minimum Gasteiger partial charge on any atom is -0.271 e. The van der Waals surface area contributed by atoms with E-state index in [4.69, 9.17) is 23.2 Å². The molecule has 0 spiro atoms. The van der Waals surface area contributed by atoms with Gasteiger partial charge in [0.2, 0.25) is 0 Å². The van der Waals surface area contributed by atoms with Gasteiger partial charge in [0, 0.05) is 6.04 Å². The summed E-state index contributed by atoms with van der Waals surface area (Å²) in [5.41, 5.74) is 11.4. The Bertz CT molecular complexity index is 795. The van der Waals surface area contributed by atoms with Gasteiger partial charge in [-0.25, -0.2) is 16.3 Å². The molecule has 2 aromatic carbocycles. The molecule has 3 N–H and O–H groups in total. The SMILES string of the molecule is C/C(=N/NC(=O)C1CC(c2ccc(Cl)c(Cl)c2)NN1)c1ccccc1. The van der Waals surface area contributed by atoms with Crippen molar-refractivity contribution in [2.24, 2.45) is 5.10 Å². The van der Waals surface area contributed by atoms with Crippen LogP contribution in [0.3, 0.4) is 0 Å². The Labute approximate surface area is 156 Å². The van der Waals surface area contributed by atoms with Gasteiger partial charge in [0.25, 0.3) is 5.91 Å². The molecule has 0 radical (unpaired) electrons. The Balaban J connectivity index is 1.60. The normalized spacial score (nSPS) is 20.5. The highest BCUT2D eigenvalue weighted by Gasteiger charge is 2.30. The molecule has 1 heterocycles. The first-order chi connectivity index (χ1) is 12.0. The first kappa shape index (κ1) is 17.9. The van der Waals surface area contributed by atoms with Gasteiger partial charge in [-0.3, -0.25) is 4.79 Å². The molecule has 0 saturated carbocycles. The van der Waals surface area contributed by atoms with E-state index in [-0.39, 0.29) is 18.0 Å². The molecule has 2 aromatic rings. The number of hydrazone groups is 1. The quantitative estimate of drug-likeness (QED) is 0.565. The molecule has 0 bridgehead atoms. The van der Waals surface area contributed by atoms with Crippen LogP contribution in [-0.4, -0.2) is 17.7 Å². The zero-order chi connectivity index (χ0) is 17.8. The number of rotatable bonds is 4. The second kappa shape index (κ2) is 7.97. The first-order valence-electron chi connectivity index (χ1n) is 7.90. The highest BCUT2D eigenvalue weighted by Crippen LogP contribution is 2.28. The van der Waals surface area contributed by atoms with Gasteiger partial charge in [0.15, 0.2) is 0 Å². The van der Waals surface area contributed by atoms with Gasteiger partial charge in [0.1, 0.15) is 6.04 Å². The van der Waals surface area contributed by atoms with Crippen molar-refractivity contribution in [3.63, 3.8) is 0 Å². The number of benzene rings is 2. The lowest BCUT2D eigenvalue weighted by Gasteiger charge is -2.10. The molecule has 130 valence electrons. The number of hydrogen-bond acceptors (Lipinski definition) is 4. The molecule has 1 saturated heterocycles. The molecule has 5 nitrogen and oxygen atoms in total. The lowest BCUT2D eigenvalue weighted by molar-refractivity contribution is -0.122. The smallest absolute Gasteiger partial charge is 0.258 e. The van der Waals surface area contributed by atoms with Crippen molar-refractivity contribution >= 4 is 34.8 Å². The van der Waals surface area contributed by atoms with Crippen LogP contribution in [0.5, 0.6) is 0 Å². The number of hydrogen-bond donors (Lipinski definition) is 3. The highest BCUT2D eigenvalue weighted by atomic mass is 35.5. The molecule has 1 fully saturated rings. The number of carbonyl (C=O) groups excluding carboxylic acids is 1. The maximum Gasteiger partial charge on any atom is 0.258 e. The molecule has 7 heteroatoms. The fraction of sp³-hybridized carbons (Fsp3) is 0.222. The molecule has 0 aliphatic carbocycles. The molecular formula is C18H18Cl2N4O. The lowest BCUT2D eigenvalue weighted by atomic mass is 10.0. The number of nitrogens with zero attached hydrogens (tertiary/aromatic N) is 1. The second-order valence-corrected chi connectivity index (χ2v) is 6.66. The molecule has 1 aliphatic heterocycles. The topological polar surface area (TPSA) is 65.5 Å². The average molecular weight is 377 g/mol. The molecular weight excluding hydrogens is 359 g/mol. The van der Waals surface area contributed by atoms with Crippen LogP contribution in [0.15, 0.2) is 53.6 Å². The van der Waals surface area contributed by atoms with Gasteiger partial charge in [-0.05, 0) is 36.6 Å². The highest BCUT2D eigenvalue weighted by molar-refractivity contribution is 6.42. The van der Waals surface area contributed by atoms with Crippen LogP contribution in [0.1, 0.15) is 30.5 Å². The van der Waals surface area contributed by atoms with Gasteiger partial charge in [-0.15, -0.1) is 0 Å². The summed E-state index contributed by atoms with van der Waals surface area (Å²) in [5, 5.41) is 5.18. The summed E-state index contributed by atoms with van der Waals surface area (Å²) in [6.07, 6.45) is 0.587. The summed E-state index contributed by atoms with van der Waals surface area (Å²) >= 11 is 12.0. The van der Waals surface area contributed by atoms with Crippen molar-refractivity contribution in [1.29, 1.82) is 0 Å². The fourth-order valence-electron chi connectivity index (χ4n) is 2.64. The van der Waals surface area contributed by atoms with E-state index in [1.807, 2.05) is 43.3 Å². The first-order valence-corrected chi connectivity index (χ1v) is 8.66. The molecule has 2 atom stereocenters. The van der Waals surface area contributed by atoms with Gasteiger partial charge >= 0.3 is 0 Å². The van der Waals surface area contributed by atoms with E-state index in [0.29, 0.717) is 16.5 Å². The molecule has 2 unspecified atom stereocenters. The number of amides is 1. The van der Waals surface area contributed by atoms with E-state index in [1.54, 1.807) is 12.1 Å². The van der Waals surface area contributed by atoms with Gasteiger partial charge in [-0.2, -0.15) is 5.10 Å². The molecule has 1 amide bonds. The van der Waals surface area contributed by atoms with Crippen LogP contribution in [0.25, 0.3) is 0 Å². The third kappa shape index (κ3) is 4.38. The maximum atomic E-state index is 12.3. The lowest BCUT2D eigenvalue weighted by Crippen LogP contribution is -2.41. The van der Waals surface area contributed by atoms with Gasteiger partial charge in [-0.1, -0.05) is 59.6 Å². The number of hydrazine groups is 1. The Morgan fingerprint density at radius 2 is 1.88 bits per heavy atom. The Hall–Kier alpha value is -1.92. The van der Waals surface area contributed by atoms with Crippen LogP contribution in [-0.2, 0) is 4.79 Å². The third-order valence-corrected chi connectivity index (χ3v) is 4.83. The zero-order valence-corrected chi connectivity index (χ0v) is 15.1. The summed E-state index contributed by atoms with van der Waals surface area (Å²) in [4.78, 5) is 12.3. The minimum absolute atomic E-state index is 0.0234. The van der Waals surface area contributed by atoms with Crippen LogP contribution < -0.4 is 16.3 Å². The zero-order valence-electron chi connectivity index (χ0n) is 13.6. The van der Waals surface area contributed by atoms with Crippen molar-refractivity contribution in [2.75, 3.05) is 0 Å². The standard InChI is InChI=1S/C18H18Cl2N4O/c1-11(12-5-3-2-4-6-12)21-24-18(25)17-10-16(22-23-17)13-7-8-14(19)15(20)9-13/h2-9,16-17,22-23H,10H2,1H3,(H,24,25)/b21-11-. The molecule has 25 heavy (non-hydrogen) atoms. The fourth-order valence-corrected chi connectivity index (χ4v) is 2.94. The van der Waals surface area contributed by atoms with E-state index in [0.717, 1.165) is 16.8 Å². The third-order valence-electron chi connectivity index (χ3n) is 4.09. The second-order valence-electron chi connectivity index (χ2n) is 5.84. The van der Waals surface area contributed by atoms with Crippen LogP contribution in [0.4, 0.5) is 0 Å². The van der Waals surface area contributed by atoms with Gasteiger partial charge < -0.3 is 0 Å². The summed E-state index contributed by atoms with van der Waals surface area (Å²) in [5.74, 6) is -0.189. The van der Waals surface area contributed by atoms with E-state index < -0.39 is 0 Å². The van der Waals surface area contributed by atoms with Crippen LogP contribution in [0.2, 0.25) is 10.0 Å². The summed E-state index contributed by atoms with van der Waals surface area (Å²) in [6, 6.07) is 14.7. The Morgan fingerprint density at radius 1 is 1.12 bits per heavy atom. The van der Waals surface area contributed by atoms with Crippen molar-refractivity contribution in [2.45, 2.75) is 25.4 Å². The van der Waals surface area contributed by atoms with E-state index >= 15 is 0 Å². The molecule has 3 rings (SSSR count). The molecule has 0 aromatic heterocycles. The summed E-state index contributed by atoms with van der Waals surface area (Å²) < 4.78 is 0. The van der Waals surface area contributed by atoms with E-state index in [1.165, 1.54) is 0 Å². The van der Waals surface area contributed by atoms with E-state index in [2.05, 4.69) is 21.4 Å². The van der Waals surface area contributed by atoms with Gasteiger partial charge in [0.05, 0.1) is 15.8 Å². The van der Waals surface area contributed by atoms with Crippen LogP contribution in [0, 0.1) is 0 Å². The summed E-state index contributed by atoms with van der Waals surface area (Å²) in [7, 11) is 0. The largest absolute Gasteiger partial charge is 0.271 e. The monoisotopic (exact) mass is 376 g/mol. The number of halogens is 2. The van der Waals surface area contributed by atoms with Crippen molar-refractivity contribution in [3.05, 3.63) is 69.7 Å². The minimum atomic E-state index is -0.383. The summed E-state index contributed by atoms with van der Waals surface area (Å²) in [6.45, 7) is 1.86. The molecule has 1 aliphatic rings. The Kier molecular flexibility index (Phi) is 5.71. The average Bonchev–Trinajstić information content (AvgIpc) is 3.12. The van der Waals surface area contributed by atoms with Crippen molar-refractivity contribution in [1.82, 2.24) is 16.3 Å².